The third-order valence-corrected chi connectivity index (χ3v) is 5.87. The Balaban J connectivity index is 1.62. The molecule has 33 heavy (non-hydrogen) atoms. The van der Waals surface area contributed by atoms with E-state index in [-0.39, 0.29) is 5.69 Å². The zero-order chi connectivity index (χ0) is 23.1. The van der Waals surface area contributed by atoms with Crippen molar-refractivity contribution < 1.29 is 24.1 Å². The van der Waals surface area contributed by atoms with Crippen molar-refractivity contribution in [2.24, 2.45) is 5.92 Å². The molecule has 166 valence electrons. The first-order valence-electron chi connectivity index (χ1n) is 10.3. The van der Waals surface area contributed by atoms with Gasteiger partial charge in [0.1, 0.15) is 11.7 Å². The molecule has 0 spiro atoms. The molecular weight excluding hydrogens is 426 g/mol. The van der Waals surface area contributed by atoms with E-state index in [9.17, 15) is 19.7 Å². The molecule has 2 amide bonds. The summed E-state index contributed by atoms with van der Waals surface area (Å²) in [7, 11) is 1.46. The number of methoxy groups -OCH3 is 1. The Morgan fingerprint density at radius 2 is 1.67 bits per heavy atom. The van der Waals surface area contributed by atoms with Gasteiger partial charge in [-0.15, -0.1) is 0 Å². The number of amides is 2. The van der Waals surface area contributed by atoms with E-state index in [1.807, 2.05) is 18.2 Å². The summed E-state index contributed by atoms with van der Waals surface area (Å²) in [4.78, 5) is 45.1. The van der Waals surface area contributed by atoms with E-state index in [2.05, 4.69) is 0 Å². The van der Waals surface area contributed by atoms with Gasteiger partial charge in [0.2, 0.25) is 5.91 Å². The van der Waals surface area contributed by atoms with Gasteiger partial charge in [-0.3, -0.25) is 24.5 Å². The molecule has 0 radical (unpaired) electrons. The lowest BCUT2D eigenvalue weighted by Gasteiger charge is -2.29. The van der Waals surface area contributed by atoms with Crippen molar-refractivity contribution in [3.8, 4) is 5.75 Å². The van der Waals surface area contributed by atoms with Crippen LogP contribution in [0.25, 0.3) is 0 Å². The first-order valence-corrected chi connectivity index (χ1v) is 10.3. The predicted octanol–water partition coefficient (Wildman–Crippen LogP) is 3.65. The fourth-order valence-electron chi connectivity index (χ4n) is 4.43. The van der Waals surface area contributed by atoms with Crippen LogP contribution in [0.1, 0.15) is 11.6 Å². The molecule has 2 saturated heterocycles. The fraction of sp³-hybridized carbons (Fsp3) is 0.167. The third kappa shape index (κ3) is 3.30. The van der Waals surface area contributed by atoms with Crippen molar-refractivity contribution in [2.45, 2.75) is 12.1 Å². The molecule has 2 aliphatic rings. The second-order valence-electron chi connectivity index (χ2n) is 7.69. The summed E-state index contributed by atoms with van der Waals surface area (Å²) in [6, 6.07) is 21.1. The molecule has 3 atom stereocenters. The van der Waals surface area contributed by atoms with E-state index in [0.29, 0.717) is 22.7 Å². The van der Waals surface area contributed by atoms with E-state index in [0.717, 1.165) is 4.90 Å². The van der Waals surface area contributed by atoms with Crippen molar-refractivity contribution >= 4 is 28.9 Å². The fourth-order valence-corrected chi connectivity index (χ4v) is 4.43. The number of non-ortho nitro benzene ring substituents is 1. The van der Waals surface area contributed by atoms with Gasteiger partial charge < -0.3 is 4.74 Å². The Labute approximate surface area is 188 Å². The van der Waals surface area contributed by atoms with Crippen molar-refractivity contribution in [2.75, 3.05) is 17.1 Å². The lowest BCUT2D eigenvalue weighted by atomic mass is 9.90. The predicted molar refractivity (Wildman–Crippen MR) is 119 cm³/mol. The van der Waals surface area contributed by atoms with E-state index >= 15 is 0 Å². The number of rotatable bonds is 5. The molecular formula is C24H19N3O6. The number of ether oxygens (including phenoxy) is 1. The summed E-state index contributed by atoms with van der Waals surface area (Å²) in [5, 5.41) is 12.9. The van der Waals surface area contributed by atoms with Crippen LogP contribution in [-0.2, 0) is 14.4 Å². The maximum absolute atomic E-state index is 13.7. The van der Waals surface area contributed by atoms with Crippen LogP contribution in [0.5, 0.6) is 5.75 Å². The molecule has 9 heteroatoms. The Morgan fingerprint density at radius 1 is 0.939 bits per heavy atom. The Hall–Kier alpha value is -4.24. The number of nitro benzene ring substituents is 1. The average molecular weight is 445 g/mol. The third-order valence-electron chi connectivity index (χ3n) is 5.87. The zero-order valence-corrected chi connectivity index (χ0v) is 17.5. The maximum atomic E-state index is 13.7. The highest BCUT2D eigenvalue weighted by Crippen LogP contribution is 2.48. The van der Waals surface area contributed by atoms with Crippen LogP contribution in [0.3, 0.4) is 0 Å². The molecule has 0 aliphatic carbocycles. The number of nitro groups is 1. The summed E-state index contributed by atoms with van der Waals surface area (Å²) >= 11 is 0. The summed E-state index contributed by atoms with van der Waals surface area (Å²) in [5.41, 5.74) is 1.36. The van der Waals surface area contributed by atoms with Gasteiger partial charge in [-0.2, -0.15) is 0 Å². The quantitative estimate of drug-likeness (QED) is 0.336. The molecule has 2 aliphatic heterocycles. The van der Waals surface area contributed by atoms with E-state index < -0.39 is 34.8 Å². The van der Waals surface area contributed by atoms with Crippen molar-refractivity contribution in [3.05, 3.63) is 94.5 Å². The van der Waals surface area contributed by atoms with Crippen LogP contribution < -0.4 is 14.7 Å². The minimum Gasteiger partial charge on any atom is -0.495 e. The smallest absolute Gasteiger partial charge is 0.269 e. The normalized spacial score (nSPS) is 21.9. The number of fused-ring (bicyclic) bond motifs is 1. The lowest BCUT2D eigenvalue weighted by molar-refractivity contribution is -0.384. The molecule has 3 aromatic carbocycles. The van der Waals surface area contributed by atoms with Gasteiger partial charge in [0.05, 0.1) is 29.4 Å². The van der Waals surface area contributed by atoms with Crippen LogP contribution >= 0.6 is 0 Å². The molecule has 0 bridgehead atoms. The average Bonchev–Trinajstić information content (AvgIpc) is 3.35. The summed E-state index contributed by atoms with van der Waals surface area (Å²) in [6.07, 6.45) is -1.08. The number of hydrogen-bond donors (Lipinski definition) is 0. The van der Waals surface area contributed by atoms with Crippen molar-refractivity contribution in [1.82, 2.24) is 0 Å². The highest BCUT2D eigenvalue weighted by molar-refractivity contribution is 6.24. The Morgan fingerprint density at radius 3 is 2.39 bits per heavy atom. The van der Waals surface area contributed by atoms with Gasteiger partial charge >= 0.3 is 0 Å². The largest absolute Gasteiger partial charge is 0.495 e. The van der Waals surface area contributed by atoms with Crippen molar-refractivity contribution in [3.63, 3.8) is 0 Å². The van der Waals surface area contributed by atoms with Crippen LogP contribution in [0.4, 0.5) is 17.1 Å². The number of carbonyl (C=O) groups excluding carboxylic acids is 2. The summed E-state index contributed by atoms with van der Waals surface area (Å²) in [6.45, 7) is 0. The van der Waals surface area contributed by atoms with E-state index in [1.54, 1.807) is 48.5 Å². The minimum atomic E-state index is -1.08. The number of imide groups is 1. The van der Waals surface area contributed by atoms with Gasteiger partial charge in [-0.05, 0) is 29.8 Å². The van der Waals surface area contributed by atoms with Crippen molar-refractivity contribution in [1.29, 1.82) is 0 Å². The van der Waals surface area contributed by atoms with Crippen LogP contribution in [0.2, 0.25) is 0 Å². The number of para-hydroxylation sites is 3. The number of hydroxylamine groups is 1. The summed E-state index contributed by atoms with van der Waals surface area (Å²) < 4.78 is 5.35. The standard InChI is InChI=1S/C24H19N3O6/c1-32-19-13-6-5-12-18(19)25-23(28)20-21(15-8-7-11-17(14-15)27(30)31)26(33-22(20)24(25)29)16-9-3-2-4-10-16/h2-14,20-22H,1H3/t20-,21-,22-/m1/s1. The molecule has 3 aromatic rings. The molecule has 0 N–H and O–H groups in total. The van der Waals surface area contributed by atoms with Gasteiger partial charge in [0.25, 0.3) is 11.6 Å². The van der Waals surface area contributed by atoms with E-state index in [1.165, 1.54) is 24.3 Å². The highest BCUT2D eigenvalue weighted by Gasteiger charge is 2.60. The molecule has 0 unspecified atom stereocenters. The monoisotopic (exact) mass is 445 g/mol. The lowest BCUT2D eigenvalue weighted by Crippen LogP contribution is -2.37. The highest BCUT2D eigenvalue weighted by atomic mass is 16.7. The molecule has 9 nitrogen and oxygen atoms in total. The molecule has 2 heterocycles. The Kier molecular flexibility index (Phi) is 5.02. The Bertz CT molecular complexity index is 1250. The first-order chi connectivity index (χ1) is 16.0. The molecule has 0 saturated carbocycles. The number of carbonyl (C=O) groups is 2. The van der Waals surface area contributed by atoms with Gasteiger partial charge in [0.15, 0.2) is 6.10 Å². The van der Waals surface area contributed by atoms with Gasteiger partial charge in [0, 0.05) is 12.1 Å². The zero-order valence-electron chi connectivity index (χ0n) is 17.5. The second-order valence-corrected chi connectivity index (χ2v) is 7.69. The van der Waals surface area contributed by atoms with Gasteiger partial charge in [-0.1, -0.05) is 42.5 Å². The molecule has 5 rings (SSSR count). The SMILES string of the molecule is COc1ccccc1N1C(=O)[C@@H]2[C@@H](c3cccc([N+](=O)[O-])c3)N(c3ccccc3)O[C@H]2C1=O. The topological polar surface area (TPSA) is 102 Å². The number of hydrogen-bond acceptors (Lipinski definition) is 7. The van der Waals surface area contributed by atoms with Crippen LogP contribution in [0.15, 0.2) is 78.9 Å². The summed E-state index contributed by atoms with van der Waals surface area (Å²) in [5.74, 6) is -1.48. The van der Waals surface area contributed by atoms with Crippen LogP contribution in [0, 0.1) is 16.0 Å². The van der Waals surface area contributed by atoms with Crippen LogP contribution in [-0.4, -0.2) is 30.0 Å². The number of benzene rings is 3. The molecule has 2 fully saturated rings. The second kappa shape index (κ2) is 8.03. The first kappa shape index (κ1) is 20.7. The van der Waals surface area contributed by atoms with E-state index in [4.69, 9.17) is 9.57 Å². The minimum absolute atomic E-state index is 0.109. The van der Waals surface area contributed by atoms with Gasteiger partial charge in [-0.25, -0.2) is 9.96 Å². The number of anilines is 2. The number of nitrogens with zero attached hydrogens (tertiary/aromatic N) is 3. The maximum Gasteiger partial charge on any atom is 0.269 e. The molecule has 0 aromatic heterocycles.